The third-order valence-electron chi connectivity index (χ3n) is 4.28. The van der Waals surface area contributed by atoms with Crippen LogP contribution in [-0.2, 0) is 6.54 Å². The molecule has 4 aromatic rings. The van der Waals surface area contributed by atoms with Crippen LogP contribution in [0, 0.1) is 5.82 Å². The van der Waals surface area contributed by atoms with Crippen molar-refractivity contribution < 1.29 is 9.18 Å². The Kier molecular flexibility index (Phi) is 4.50. The van der Waals surface area contributed by atoms with Crippen molar-refractivity contribution in [1.82, 2.24) is 5.32 Å². The fraction of sp³-hybridized carbons (Fsp3) is 0.0455. The normalized spacial score (nSPS) is 10.8. The van der Waals surface area contributed by atoms with Gasteiger partial charge < -0.3 is 5.32 Å². The lowest BCUT2D eigenvalue weighted by Gasteiger charge is -2.07. The van der Waals surface area contributed by atoms with Crippen LogP contribution in [0.25, 0.3) is 21.2 Å². The number of rotatable bonds is 4. The highest BCUT2D eigenvalue weighted by Gasteiger charge is 2.11. The van der Waals surface area contributed by atoms with Crippen LogP contribution in [-0.4, -0.2) is 5.91 Å². The van der Waals surface area contributed by atoms with Crippen molar-refractivity contribution in [1.29, 1.82) is 0 Å². The molecule has 0 aliphatic rings. The van der Waals surface area contributed by atoms with Gasteiger partial charge in [0.05, 0.1) is 4.88 Å². The molecule has 0 fully saturated rings. The quantitative estimate of drug-likeness (QED) is 0.501. The SMILES string of the molecule is O=C(NCc1cccc2ccccc12)c1ccc(-c2ccc(F)cc2)s1. The molecule has 0 saturated carbocycles. The summed E-state index contributed by atoms with van der Waals surface area (Å²) in [6.45, 7) is 0.476. The predicted molar refractivity (Wildman–Crippen MR) is 105 cm³/mol. The fourth-order valence-electron chi connectivity index (χ4n) is 2.94. The molecule has 4 heteroatoms. The average molecular weight is 361 g/mol. The summed E-state index contributed by atoms with van der Waals surface area (Å²) in [6, 6.07) is 24.2. The van der Waals surface area contributed by atoms with E-state index in [1.165, 1.54) is 23.5 Å². The van der Waals surface area contributed by atoms with Crippen LogP contribution in [0.2, 0.25) is 0 Å². The first-order valence-electron chi connectivity index (χ1n) is 8.31. The standard InChI is InChI=1S/C22H16FNOS/c23-18-10-8-16(9-11-18)20-12-13-21(26-20)22(25)24-14-17-6-3-5-15-4-1-2-7-19(15)17/h1-13H,14H2,(H,24,25). The number of thiophene rings is 1. The van der Waals surface area contributed by atoms with Crippen molar-refractivity contribution in [2.75, 3.05) is 0 Å². The van der Waals surface area contributed by atoms with Crippen molar-refractivity contribution >= 4 is 28.0 Å². The minimum Gasteiger partial charge on any atom is -0.347 e. The van der Waals surface area contributed by atoms with Gasteiger partial charge in [0, 0.05) is 11.4 Å². The van der Waals surface area contributed by atoms with Gasteiger partial charge in [-0.1, -0.05) is 54.6 Å². The summed E-state index contributed by atoms with van der Waals surface area (Å²) in [6.07, 6.45) is 0. The Balaban J connectivity index is 1.49. The number of carbonyl (C=O) groups excluding carboxylic acids is 1. The third-order valence-corrected chi connectivity index (χ3v) is 5.41. The first-order valence-corrected chi connectivity index (χ1v) is 9.13. The zero-order valence-electron chi connectivity index (χ0n) is 13.9. The van der Waals surface area contributed by atoms with Crippen molar-refractivity contribution in [2.24, 2.45) is 0 Å². The molecule has 1 aromatic heterocycles. The van der Waals surface area contributed by atoms with Gasteiger partial charge in [-0.05, 0) is 46.2 Å². The molecule has 26 heavy (non-hydrogen) atoms. The molecule has 2 nitrogen and oxygen atoms in total. The number of fused-ring (bicyclic) bond motifs is 1. The smallest absolute Gasteiger partial charge is 0.261 e. The van der Waals surface area contributed by atoms with Crippen LogP contribution in [0.5, 0.6) is 0 Å². The molecule has 1 amide bonds. The molecule has 1 N–H and O–H groups in total. The summed E-state index contributed by atoms with van der Waals surface area (Å²) < 4.78 is 13.0. The molecule has 0 aliphatic carbocycles. The van der Waals surface area contributed by atoms with Gasteiger partial charge in [0.2, 0.25) is 0 Å². The van der Waals surface area contributed by atoms with E-state index in [0.29, 0.717) is 11.4 Å². The van der Waals surface area contributed by atoms with Gasteiger partial charge in [-0.3, -0.25) is 4.79 Å². The number of benzene rings is 3. The van der Waals surface area contributed by atoms with Gasteiger partial charge in [-0.25, -0.2) is 4.39 Å². The number of hydrogen-bond donors (Lipinski definition) is 1. The predicted octanol–water partition coefficient (Wildman–Crippen LogP) is 5.64. The number of halogens is 1. The van der Waals surface area contributed by atoms with Crippen molar-refractivity contribution in [3.05, 3.63) is 95.1 Å². The highest BCUT2D eigenvalue weighted by atomic mass is 32.1. The van der Waals surface area contributed by atoms with E-state index in [4.69, 9.17) is 0 Å². The Morgan fingerprint density at radius 1 is 0.885 bits per heavy atom. The molecule has 0 aliphatic heterocycles. The maximum Gasteiger partial charge on any atom is 0.261 e. The van der Waals surface area contributed by atoms with E-state index < -0.39 is 0 Å². The van der Waals surface area contributed by atoms with Crippen LogP contribution in [0.1, 0.15) is 15.2 Å². The van der Waals surface area contributed by atoms with E-state index in [-0.39, 0.29) is 11.7 Å². The van der Waals surface area contributed by atoms with E-state index in [0.717, 1.165) is 26.8 Å². The Morgan fingerprint density at radius 3 is 2.50 bits per heavy atom. The highest BCUT2D eigenvalue weighted by Crippen LogP contribution is 2.28. The van der Waals surface area contributed by atoms with Gasteiger partial charge in [-0.15, -0.1) is 11.3 Å². The monoisotopic (exact) mass is 361 g/mol. The summed E-state index contributed by atoms with van der Waals surface area (Å²) in [5.74, 6) is -0.366. The van der Waals surface area contributed by atoms with Gasteiger partial charge in [-0.2, -0.15) is 0 Å². The summed E-state index contributed by atoms with van der Waals surface area (Å²) >= 11 is 1.40. The molecule has 0 radical (unpaired) electrons. The van der Waals surface area contributed by atoms with Gasteiger partial charge in [0.25, 0.3) is 5.91 Å². The van der Waals surface area contributed by atoms with E-state index in [9.17, 15) is 9.18 Å². The second-order valence-electron chi connectivity index (χ2n) is 5.99. The number of hydrogen-bond acceptors (Lipinski definition) is 2. The maximum atomic E-state index is 13.0. The second-order valence-corrected chi connectivity index (χ2v) is 7.08. The molecular weight excluding hydrogens is 345 g/mol. The minimum absolute atomic E-state index is 0.101. The Labute approximate surface area is 154 Å². The first-order chi connectivity index (χ1) is 12.7. The molecule has 0 atom stereocenters. The molecule has 1 heterocycles. The minimum atomic E-state index is -0.265. The summed E-state index contributed by atoms with van der Waals surface area (Å²) in [4.78, 5) is 14.1. The van der Waals surface area contributed by atoms with Crippen LogP contribution in [0.15, 0.2) is 78.9 Å². The lowest BCUT2D eigenvalue weighted by molar-refractivity contribution is 0.0955. The molecule has 0 saturated heterocycles. The molecule has 0 unspecified atom stereocenters. The van der Waals surface area contributed by atoms with Gasteiger partial charge in [0.1, 0.15) is 5.82 Å². The zero-order valence-corrected chi connectivity index (χ0v) is 14.7. The molecular formula is C22H16FNOS. The molecule has 0 bridgehead atoms. The molecule has 4 rings (SSSR count). The topological polar surface area (TPSA) is 29.1 Å². The Hall–Kier alpha value is -2.98. The lowest BCUT2D eigenvalue weighted by atomic mass is 10.0. The van der Waals surface area contributed by atoms with Crippen LogP contribution >= 0.6 is 11.3 Å². The Morgan fingerprint density at radius 2 is 1.65 bits per heavy atom. The van der Waals surface area contributed by atoms with Crippen molar-refractivity contribution in [3.63, 3.8) is 0 Å². The number of carbonyl (C=O) groups is 1. The van der Waals surface area contributed by atoms with Crippen molar-refractivity contribution in [2.45, 2.75) is 6.54 Å². The first kappa shape index (κ1) is 16.5. The van der Waals surface area contributed by atoms with E-state index in [2.05, 4.69) is 23.5 Å². The fourth-order valence-corrected chi connectivity index (χ4v) is 3.87. The average Bonchev–Trinajstić information content (AvgIpc) is 3.17. The molecule has 3 aromatic carbocycles. The maximum absolute atomic E-state index is 13.0. The molecule has 0 spiro atoms. The second kappa shape index (κ2) is 7.10. The van der Waals surface area contributed by atoms with E-state index in [1.54, 1.807) is 12.1 Å². The van der Waals surface area contributed by atoms with Crippen LogP contribution < -0.4 is 5.32 Å². The van der Waals surface area contributed by atoms with Crippen LogP contribution in [0.4, 0.5) is 4.39 Å². The van der Waals surface area contributed by atoms with Crippen molar-refractivity contribution in [3.8, 4) is 10.4 Å². The zero-order chi connectivity index (χ0) is 17.9. The lowest BCUT2D eigenvalue weighted by Crippen LogP contribution is -2.21. The van der Waals surface area contributed by atoms with Gasteiger partial charge in [0.15, 0.2) is 0 Å². The Bertz CT molecular complexity index is 1060. The van der Waals surface area contributed by atoms with Gasteiger partial charge >= 0.3 is 0 Å². The third kappa shape index (κ3) is 3.37. The summed E-state index contributed by atoms with van der Waals surface area (Å²) in [7, 11) is 0. The number of amides is 1. The van der Waals surface area contributed by atoms with E-state index >= 15 is 0 Å². The van der Waals surface area contributed by atoms with E-state index in [1.807, 2.05) is 36.4 Å². The summed E-state index contributed by atoms with van der Waals surface area (Å²) in [5, 5.41) is 5.30. The highest BCUT2D eigenvalue weighted by molar-refractivity contribution is 7.17. The number of nitrogens with one attached hydrogen (secondary N) is 1. The van der Waals surface area contributed by atoms with Crippen LogP contribution in [0.3, 0.4) is 0 Å². The molecule has 128 valence electrons. The summed E-state index contributed by atoms with van der Waals surface area (Å²) in [5.41, 5.74) is 2.00. The largest absolute Gasteiger partial charge is 0.347 e.